The monoisotopic (exact) mass is 329 g/mol. The summed E-state index contributed by atoms with van der Waals surface area (Å²) in [5, 5.41) is 6.23. The van der Waals surface area contributed by atoms with Crippen LogP contribution in [0.5, 0.6) is 0 Å². The number of pyridine rings is 1. The van der Waals surface area contributed by atoms with E-state index in [0.29, 0.717) is 28.2 Å². The van der Waals surface area contributed by atoms with Gasteiger partial charge in [-0.05, 0) is 30.3 Å². The second-order valence-electron chi connectivity index (χ2n) is 4.68. The predicted molar refractivity (Wildman–Crippen MR) is 89.5 cm³/mol. The highest BCUT2D eigenvalue weighted by molar-refractivity contribution is 6.30. The fraction of sp³-hybridized carbons (Fsp3) is 0.0625. The Bertz CT molecular complexity index is 826. The Balaban J connectivity index is 2.00. The van der Waals surface area contributed by atoms with Crippen LogP contribution in [0.2, 0.25) is 5.02 Å². The second kappa shape index (κ2) is 6.58. The standard InChI is InChI=1S/C16H13ClFN5/c1-19-16-22-14(12-4-2-3-7-20-12)9-15(23-16)21-13-8-10(17)5-6-11(13)18/h2-9H,1H3,(H2,19,21,22,23). The van der Waals surface area contributed by atoms with Crippen LogP contribution in [0.1, 0.15) is 0 Å². The van der Waals surface area contributed by atoms with Crippen LogP contribution < -0.4 is 10.6 Å². The quantitative estimate of drug-likeness (QED) is 0.754. The van der Waals surface area contributed by atoms with Crippen molar-refractivity contribution in [3.63, 3.8) is 0 Å². The van der Waals surface area contributed by atoms with E-state index in [-0.39, 0.29) is 5.69 Å². The number of nitrogens with one attached hydrogen (secondary N) is 2. The molecule has 0 aliphatic rings. The number of halogens is 2. The normalized spacial score (nSPS) is 10.4. The van der Waals surface area contributed by atoms with Gasteiger partial charge in [0.1, 0.15) is 11.6 Å². The topological polar surface area (TPSA) is 62.7 Å². The number of nitrogens with zero attached hydrogens (tertiary/aromatic N) is 3. The van der Waals surface area contributed by atoms with Gasteiger partial charge in [0, 0.05) is 24.3 Å². The fourth-order valence-corrected chi connectivity index (χ4v) is 2.17. The maximum atomic E-state index is 13.9. The molecule has 2 heterocycles. The van der Waals surface area contributed by atoms with E-state index in [4.69, 9.17) is 11.6 Å². The molecule has 0 aliphatic heterocycles. The van der Waals surface area contributed by atoms with Crippen molar-refractivity contribution in [1.29, 1.82) is 0 Å². The van der Waals surface area contributed by atoms with Crippen molar-refractivity contribution in [3.05, 3.63) is 59.5 Å². The Morgan fingerprint density at radius 2 is 1.91 bits per heavy atom. The third-order valence-electron chi connectivity index (χ3n) is 3.07. The summed E-state index contributed by atoms with van der Waals surface area (Å²) in [6.07, 6.45) is 1.68. The Hall–Kier alpha value is -2.73. The molecule has 5 nitrogen and oxygen atoms in total. The van der Waals surface area contributed by atoms with Gasteiger partial charge in [0.05, 0.1) is 17.1 Å². The lowest BCUT2D eigenvalue weighted by atomic mass is 10.2. The molecule has 7 heteroatoms. The van der Waals surface area contributed by atoms with Crippen LogP contribution in [-0.2, 0) is 0 Å². The molecule has 0 atom stereocenters. The summed E-state index contributed by atoms with van der Waals surface area (Å²) >= 11 is 5.91. The summed E-state index contributed by atoms with van der Waals surface area (Å²) in [6.45, 7) is 0. The molecule has 0 radical (unpaired) electrons. The Morgan fingerprint density at radius 1 is 1.04 bits per heavy atom. The molecule has 0 fully saturated rings. The van der Waals surface area contributed by atoms with Gasteiger partial charge in [-0.25, -0.2) is 9.37 Å². The molecule has 0 amide bonds. The van der Waals surface area contributed by atoms with Crippen LogP contribution in [0.3, 0.4) is 0 Å². The zero-order valence-electron chi connectivity index (χ0n) is 12.2. The predicted octanol–water partition coefficient (Wildman–Crippen LogP) is 4.12. The highest BCUT2D eigenvalue weighted by Crippen LogP contribution is 2.25. The SMILES string of the molecule is CNc1nc(Nc2cc(Cl)ccc2F)cc(-c2ccccn2)n1. The van der Waals surface area contributed by atoms with Crippen molar-refractivity contribution in [2.45, 2.75) is 0 Å². The molecule has 23 heavy (non-hydrogen) atoms. The molecule has 0 unspecified atom stereocenters. The highest BCUT2D eigenvalue weighted by Gasteiger charge is 2.09. The number of hydrogen-bond donors (Lipinski definition) is 2. The minimum Gasteiger partial charge on any atom is -0.357 e. The number of aromatic nitrogens is 3. The Labute approximate surface area is 137 Å². The highest BCUT2D eigenvalue weighted by atomic mass is 35.5. The molecule has 3 rings (SSSR count). The zero-order valence-corrected chi connectivity index (χ0v) is 13.0. The Morgan fingerprint density at radius 3 is 2.65 bits per heavy atom. The average Bonchev–Trinajstić information content (AvgIpc) is 2.58. The lowest BCUT2D eigenvalue weighted by molar-refractivity contribution is 0.632. The smallest absolute Gasteiger partial charge is 0.225 e. The van der Waals surface area contributed by atoms with E-state index in [2.05, 4.69) is 25.6 Å². The van der Waals surface area contributed by atoms with Crippen molar-refractivity contribution in [3.8, 4) is 11.4 Å². The largest absolute Gasteiger partial charge is 0.357 e. The molecule has 0 spiro atoms. The van der Waals surface area contributed by atoms with Gasteiger partial charge in [-0.2, -0.15) is 4.98 Å². The first-order chi connectivity index (χ1) is 11.2. The van der Waals surface area contributed by atoms with E-state index in [0.717, 1.165) is 0 Å². The van der Waals surface area contributed by atoms with Gasteiger partial charge in [-0.1, -0.05) is 17.7 Å². The summed E-state index contributed by atoms with van der Waals surface area (Å²) < 4.78 is 13.9. The van der Waals surface area contributed by atoms with Crippen molar-refractivity contribution >= 4 is 29.1 Å². The van der Waals surface area contributed by atoms with E-state index < -0.39 is 5.82 Å². The third kappa shape index (κ3) is 3.54. The summed E-state index contributed by atoms with van der Waals surface area (Å²) in [6, 6.07) is 11.5. The van der Waals surface area contributed by atoms with E-state index in [1.54, 1.807) is 19.3 Å². The number of benzene rings is 1. The van der Waals surface area contributed by atoms with E-state index in [1.807, 2.05) is 18.2 Å². The summed E-state index contributed by atoms with van der Waals surface area (Å²) in [4.78, 5) is 12.9. The van der Waals surface area contributed by atoms with Gasteiger partial charge >= 0.3 is 0 Å². The molecule has 0 saturated carbocycles. The lowest BCUT2D eigenvalue weighted by Gasteiger charge is -2.10. The van der Waals surface area contributed by atoms with Crippen LogP contribution in [-0.4, -0.2) is 22.0 Å². The number of rotatable bonds is 4. The number of anilines is 3. The van der Waals surface area contributed by atoms with Crippen molar-refractivity contribution in [1.82, 2.24) is 15.0 Å². The van der Waals surface area contributed by atoms with Crippen LogP contribution in [0, 0.1) is 5.82 Å². The van der Waals surface area contributed by atoms with Gasteiger partial charge in [0.15, 0.2) is 0 Å². The molecule has 2 N–H and O–H groups in total. The van der Waals surface area contributed by atoms with Gasteiger partial charge in [-0.3, -0.25) is 4.98 Å². The third-order valence-corrected chi connectivity index (χ3v) is 3.30. The maximum Gasteiger partial charge on any atom is 0.225 e. The van der Waals surface area contributed by atoms with Crippen LogP contribution >= 0.6 is 11.6 Å². The first-order valence-electron chi connectivity index (χ1n) is 6.86. The summed E-state index contributed by atoms with van der Waals surface area (Å²) in [7, 11) is 1.71. The van der Waals surface area contributed by atoms with Gasteiger partial charge < -0.3 is 10.6 Å². The van der Waals surface area contributed by atoms with E-state index >= 15 is 0 Å². The van der Waals surface area contributed by atoms with Gasteiger partial charge in [0.25, 0.3) is 0 Å². The van der Waals surface area contributed by atoms with Crippen LogP contribution in [0.15, 0.2) is 48.7 Å². The van der Waals surface area contributed by atoms with Gasteiger partial charge in [-0.15, -0.1) is 0 Å². The lowest BCUT2D eigenvalue weighted by Crippen LogP contribution is -2.03. The molecule has 2 aromatic heterocycles. The molecule has 0 aliphatic carbocycles. The second-order valence-corrected chi connectivity index (χ2v) is 5.11. The first-order valence-corrected chi connectivity index (χ1v) is 7.24. The average molecular weight is 330 g/mol. The van der Waals surface area contributed by atoms with Crippen molar-refractivity contribution in [2.75, 3.05) is 17.7 Å². The molecular formula is C16H13ClFN5. The van der Waals surface area contributed by atoms with E-state index in [1.165, 1.54) is 18.2 Å². The molecule has 1 aromatic carbocycles. The van der Waals surface area contributed by atoms with Gasteiger partial charge in [0.2, 0.25) is 5.95 Å². The molecule has 3 aromatic rings. The molecular weight excluding hydrogens is 317 g/mol. The minimum absolute atomic E-state index is 0.241. The fourth-order valence-electron chi connectivity index (χ4n) is 2.00. The molecule has 116 valence electrons. The van der Waals surface area contributed by atoms with Crippen LogP contribution in [0.25, 0.3) is 11.4 Å². The van der Waals surface area contributed by atoms with Crippen LogP contribution in [0.4, 0.5) is 21.8 Å². The molecule has 0 saturated heterocycles. The summed E-state index contributed by atoms with van der Waals surface area (Å²) in [5.74, 6) is 0.419. The maximum absolute atomic E-state index is 13.9. The Kier molecular flexibility index (Phi) is 4.34. The zero-order chi connectivity index (χ0) is 16.2. The first kappa shape index (κ1) is 15.2. The number of hydrogen-bond acceptors (Lipinski definition) is 5. The van der Waals surface area contributed by atoms with Crippen molar-refractivity contribution < 1.29 is 4.39 Å². The minimum atomic E-state index is -0.418. The summed E-state index contributed by atoms with van der Waals surface area (Å²) in [5.41, 5.74) is 1.56. The van der Waals surface area contributed by atoms with E-state index in [9.17, 15) is 4.39 Å². The molecule has 0 bridgehead atoms. The van der Waals surface area contributed by atoms with Crippen molar-refractivity contribution in [2.24, 2.45) is 0 Å².